The molecular weight excluding hydrogens is 296 g/mol. The fourth-order valence-electron chi connectivity index (χ4n) is 2.99. The van der Waals surface area contributed by atoms with Crippen molar-refractivity contribution in [3.8, 4) is 0 Å². The highest BCUT2D eigenvalue weighted by atomic mass is 16.4. The molecule has 1 aliphatic heterocycles. The fraction of sp³-hybridized carbons (Fsp3) is 0.353. The Balaban J connectivity index is 1.82. The molecule has 1 aromatic carbocycles. The molecule has 1 amide bonds. The molecule has 0 unspecified atom stereocenters. The molecule has 2 heterocycles. The number of likely N-dealkylation sites (tertiary alicyclic amines) is 1. The summed E-state index contributed by atoms with van der Waals surface area (Å²) < 4.78 is 5.21. The smallest absolute Gasteiger partial charge is 0.308 e. The molecule has 2 aromatic rings. The Morgan fingerprint density at radius 1 is 1.30 bits per heavy atom. The third kappa shape index (κ3) is 2.97. The van der Waals surface area contributed by atoms with Crippen molar-refractivity contribution in [3.05, 3.63) is 53.7 Å². The minimum absolute atomic E-state index is 0.183. The molecule has 6 heteroatoms. The van der Waals surface area contributed by atoms with Gasteiger partial charge in [0.05, 0.1) is 5.92 Å². The number of oxazole rings is 1. The number of carbonyl (C=O) groups excluding carboxylic acids is 1. The van der Waals surface area contributed by atoms with Gasteiger partial charge in [-0.15, -0.1) is 0 Å². The average molecular weight is 314 g/mol. The van der Waals surface area contributed by atoms with E-state index < -0.39 is 11.9 Å². The fourth-order valence-corrected chi connectivity index (χ4v) is 2.99. The van der Waals surface area contributed by atoms with Crippen LogP contribution in [0.3, 0.4) is 0 Å². The van der Waals surface area contributed by atoms with Crippen LogP contribution in [-0.2, 0) is 11.2 Å². The minimum atomic E-state index is -0.886. The first kappa shape index (κ1) is 15.3. The standard InChI is InChI=1S/C17H18N2O4/c1-2-15-18-14(10-23-15)16(20)19-8-12(13(9-19)17(21)22)11-6-4-3-5-7-11/h3-7,10,12-13H,2,8-9H2,1H3,(H,21,22)/t12-,13+/m1/s1. The summed E-state index contributed by atoms with van der Waals surface area (Å²) in [7, 11) is 0. The highest BCUT2D eigenvalue weighted by Crippen LogP contribution is 2.33. The SMILES string of the molecule is CCc1nc(C(=O)N2C[C@H](C(=O)O)[C@@H](c3ccccc3)C2)co1. The molecule has 0 bridgehead atoms. The van der Waals surface area contributed by atoms with Gasteiger partial charge in [-0.1, -0.05) is 37.3 Å². The molecule has 1 aromatic heterocycles. The zero-order valence-electron chi connectivity index (χ0n) is 12.8. The lowest BCUT2D eigenvalue weighted by atomic mass is 9.89. The number of hydrogen-bond donors (Lipinski definition) is 1. The third-order valence-corrected chi connectivity index (χ3v) is 4.23. The number of aliphatic carboxylic acids is 1. The van der Waals surface area contributed by atoms with Crippen molar-refractivity contribution in [1.82, 2.24) is 9.88 Å². The number of carboxylic acids is 1. The topological polar surface area (TPSA) is 83.6 Å². The second kappa shape index (κ2) is 6.24. The van der Waals surface area contributed by atoms with Gasteiger partial charge in [0.1, 0.15) is 6.26 Å². The first-order chi connectivity index (χ1) is 11.1. The molecular formula is C17H18N2O4. The van der Waals surface area contributed by atoms with Gasteiger partial charge in [0.25, 0.3) is 5.91 Å². The van der Waals surface area contributed by atoms with E-state index in [-0.39, 0.29) is 24.1 Å². The number of aromatic nitrogens is 1. The highest BCUT2D eigenvalue weighted by molar-refractivity contribution is 5.93. The van der Waals surface area contributed by atoms with E-state index in [2.05, 4.69) is 4.98 Å². The summed E-state index contributed by atoms with van der Waals surface area (Å²) in [6, 6.07) is 9.45. The molecule has 0 aliphatic carbocycles. The van der Waals surface area contributed by atoms with E-state index in [1.807, 2.05) is 37.3 Å². The molecule has 0 saturated carbocycles. The van der Waals surface area contributed by atoms with Crippen LogP contribution in [0.25, 0.3) is 0 Å². The van der Waals surface area contributed by atoms with Gasteiger partial charge in [0.2, 0.25) is 0 Å². The number of aryl methyl sites for hydroxylation is 1. The summed E-state index contributed by atoms with van der Waals surface area (Å²) in [4.78, 5) is 29.8. The molecule has 0 spiro atoms. The maximum absolute atomic E-state index is 12.5. The van der Waals surface area contributed by atoms with Crippen LogP contribution in [0.5, 0.6) is 0 Å². The predicted octanol–water partition coefficient (Wildman–Crippen LogP) is 2.18. The summed E-state index contributed by atoms with van der Waals surface area (Å²) in [5.74, 6) is -1.49. The molecule has 120 valence electrons. The predicted molar refractivity (Wildman–Crippen MR) is 82.1 cm³/mol. The zero-order valence-corrected chi connectivity index (χ0v) is 12.8. The second-order valence-corrected chi connectivity index (χ2v) is 5.65. The summed E-state index contributed by atoms with van der Waals surface area (Å²) in [6.07, 6.45) is 1.95. The van der Waals surface area contributed by atoms with Crippen LogP contribution in [0.1, 0.15) is 34.8 Å². The van der Waals surface area contributed by atoms with Crippen molar-refractivity contribution in [2.45, 2.75) is 19.3 Å². The van der Waals surface area contributed by atoms with Gasteiger partial charge >= 0.3 is 5.97 Å². The molecule has 1 aliphatic rings. The number of carbonyl (C=O) groups is 2. The molecule has 1 fully saturated rings. The van der Waals surface area contributed by atoms with E-state index >= 15 is 0 Å². The van der Waals surface area contributed by atoms with Crippen molar-refractivity contribution in [1.29, 1.82) is 0 Å². The van der Waals surface area contributed by atoms with E-state index in [1.54, 1.807) is 4.90 Å². The van der Waals surface area contributed by atoms with Gasteiger partial charge in [-0.2, -0.15) is 0 Å². The average Bonchev–Trinajstić information content (AvgIpc) is 3.22. The summed E-state index contributed by atoms with van der Waals surface area (Å²) >= 11 is 0. The van der Waals surface area contributed by atoms with Gasteiger partial charge in [-0.3, -0.25) is 9.59 Å². The van der Waals surface area contributed by atoms with Crippen LogP contribution in [0.2, 0.25) is 0 Å². The monoisotopic (exact) mass is 314 g/mol. The minimum Gasteiger partial charge on any atom is -0.481 e. The first-order valence-electron chi connectivity index (χ1n) is 7.61. The van der Waals surface area contributed by atoms with Gasteiger partial charge in [0.15, 0.2) is 11.6 Å². The molecule has 1 saturated heterocycles. The number of amides is 1. The Morgan fingerprint density at radius 2 is 2.04 bits per heavy atom. The Kier molecular flexibility index (Phi) is 4.14. The Bertz CT molecular complexity index is 710. The number of rotatable bonds is 4. The maximum atomic E-state index is 12.5. The molecule has 1 N–H and O–H groups in total. The largest absolute Gasteiger partial charge is 0.481 e. The maximum Gasteiger partial charge on any atom is 0.308 e. The van der Waals surface area contributed by atoms with Crippen molar-refractivity contribution in [2.75, 3.05) is 13.1 Å². The lowest BCUT2D eigenvalue weighted by molar-refractivity contribution is -0.141. The van der Waals surface area contributed by atoms with Crippen molar-refractivity contribution < 1.29 is 19.1 Å². The Hall–Kier alpha value is -2.63. The number of benzene rings is 1. The molecule has 3 rings (SSSR count). The lowest BCUT2D eigenvalue weighted by Crippen LogP contribution is -2.30. The highest BCUT2D eigenvalue weighted by Gasteiger charge is 2.41. The summed E-state index contributed by atoms with van der Waals surface area (Å²) in [6.45, 7) is 2.44. The van der Waals surface area contributed by atoms with E-state index in [9.17, 15) is 14.7 Å². The van der Waals surface area contributed by atoms with Crippen LogP contribution in [-0.4, -0.2) is 40.0 Å². The summed E-state index contributed by atoms with van der Waals surface area (Å²) in [5, 5.41) is 9.49. The van der Waals surface area contributed by atoms with Crippen LogP contribution >= 0.6 is 0 Å². The van der Waals surface area contributed by atoms with Gasteiger partial charge in [-0.25, -0.2) is 4.98 Å². The van der Waals surface area contributed by atoms with Crippen LogP contribution in [0.15, 0.2) is 41.0 Å². The van der Waals surface area contributed by atoms with Crippen molar-refractivity contribution in [2.24, 2.45) is 5.92 Å². The number of nitrogens with zero attached hydrogens (tertiary/aromatic N) is 2. The second-order valence-electron chi connectivity index (χ2n) is 5.65. The van der Waals surface area contributed by atoms with E-state index in [4.69, 9.17) is 4.42 Å². The third-order valence-electron chi connectivity index (χ3n) is 4.23. The van der Waals surface area contributed by atoms with Crippen molar-refractivity contribution >= 4 is 11.9 Å². The van der Waals surface area contributed by atoms with Crippen LogP contribution < -0.4 is 0 Å². The van der Waals surface area contributed by atoms with Gasteiger partial charge in [-0.05, 0) is 5.56 Å². The van der Waals surface area contributed by atoms with Crippen LogP contribution in [0.4, 0.5) is 0 Å². The summed E-state index contributed by atoms with van der Waals surface area (Å²) in [5.41, 5.74) is 1.17. The van der Waals surface area contributed by atoms with Gasteiger partial charge < -0.3 is 14.4 Å². The molecule has 0 radical (unpaired) electrons. The number of carboxylic acid groups (broad SMARTS) is 1. The van der Waals surface area contributed by atoms with Gasteiger partial charge in [0, 0.05) is 25.4 Å². The number of hydrogen-bond acceptors (Lipinski definition) is 4. The van der Waals surface area contributed by atoms with E-state index in [0.717, 1.165) is 5.56 Å². The zero-order chi connectivity index (χ0) is 16.4. The van der Waals surface area contributed by atoms with E-state index in [1.165, 1.54) is 6.26 Å². The Morgan fingerprint density at radius 3 is 2.65 bits per heavy atom. The molecule has 2 atom stereocenters. The van der Waals surface area contributed by atoms with Crippen LogP contribution in [0, 0.1) is 5.92 Å². The molecule has 23 heavy (non-hydrogen) atoms. The lowest BCUT2D eigenvalue weighted by Gasteiger charge is -2.15. The van der Waals surface area contributed by atoms with E-state index in [0.29, 0.717) is 18.9 Å². The first-order valence-corrected chi connectivity index (χ1v) is 7.61. The normalized spacial score (nSPS) is 20.7. The quantitative estimate of drug-likeness (QED) is 0.935. The molecule has 6 nitrogen and oxygen atoms in total. The Labute approximate surface area is 133 Å². The van der Waals surface area contributed by atoms with Crippen molar-refractivity contribution in [3.63, 3.8) is 0 Å².